The number of rotatable bonds is 4. The van der Waals surface area contributed by atoms with E-state index in [4.69, 9.17) is 50.8 Å². The molecule has 0 bridgehead atoms. The largest absolute Gasteiger partial charge is 0.505 e. The average Bonchev–Trinajstić information content (AvgIpc) is 3.01. The van der Waals surface area contributed by atoms with Crippen molar-refractivity contribution in [2.75, 3.05) is 5.32 Å². The van der Waals surface area contributed by atoms with Gasteiger partial charge in [-0.2, -0.15) is 0 Å². The first-order valence-electron chi connectivity index (χ1n) is 6.90. The molecular formula is C17H11Cl4NO2. The van der Waals surface area contributed by atoms with Crippen molar-refractivity contribution in [2.24, 2.45) is 0 Å². The molecule has 0 aliphatic carbocycles. The predicted molar refractivity (Wildman–Crippen MR) is 99.6 cm³/mol. The highest BCUT2D eigenvalue weighted by molar-refractivity contribution is 6.37. The van der Waals surface area contributed by atoms with Crippen molar-refractivity contribution in [1.29, 1.82) is 0 Å². The van der Waals surface area contributed by atoms with Gasteiger partial charge < -0.3 is 14.8 Å². The molecule has 7 heteroatoms. The highest BCUT2D eigenvalue weighted by Crippen LogP contribution is 2.35. The molecule has 3 nitrogen and oxygen atoms in total. The molecule has 0 spiro atoms. The zero-order chi connectivity index (χ0) is 17.3. The smallest absolute Gasteiger partial charge is 0.152 e. The first-order chi connectivity index (χ1) is 11.4. The lowest BCUT2D eigenvalue weighted by molar-refractivity contribution is 0.476. The topological polar surface area (TPSA) is 45.4 Å². The first-order valence-corrected chi connectivity index (χ1v) is 8.41. The summed E-state index contributed by atoms with van der Waals surface area (Å²) < 4.78 is 5.79. The van der Waals surface area contributed by atoms with E-state index in [9.17, 15) is 5.11 Å². The maximum Gasteiger partial charge on any atom is 0.152 e. The third-order valence-corrected chi connectivity index (χ3v) is 4.48. The van der Waals surface area contributed by atoms with Crippen LogP contribution in [0.1, 0.15) is 5.76 Å². The summed E-state index contributed by atoms with van der Waals surface area (Å²) >= 11 is 24.0. The molecular weight excluding hydrogens is 392 g/mol. The molecule has 0 aliphatic rings. The Hall–Kier alpha value is -1.52. The zero-order valence-electron chi connectivity index (χ0n) is 12.1. The number of aromatic hydroxyl groups is 1. The van der Waals surface area contributed by atoms with E-state index < -0.39 is 0 Å². The van der Waals surface area contributed by atoms with E-state index >= 15 is 0 Å². The molecule has 0 unspecified atom stereocenters. The van der Waals surface area contributed by atoms with Crippen molar-refractivity contribution in [2.45, 2.75) is 6.54 Å². The van der Waals surface area contributed by atoms with Gasteiger partial charge in [-0.05, 0) is 42.5 Å². The number of halogens is 4. The number of hydrogen-bond acceptors (Lipinski definition) is 3. The van der Waals surface area contributed by atoms with Crippen molar-refractivity contribution in [3.05, 3.63) is 68.3 Å². The van der Waals surface area contributed by atoms with Crippen LogP contribution in [0.5, 0.6) is 5.75 Å². The molecule has 3 aromatic rings. The van der Waals surface area contributed by atoms with Gasteiger partial charge in [0.2, 0.25) is 0 Å². The van der Waals surface area contributed by atoms with Crippen LogP contribution in [0, 0.1) is 0 Å². The summed E-state index contributed by atoms with van der Waals surface area (Å²) in [6.07, 6.45) is 0. The van der Waals surface area contributed by atoms with E-state index in [1.165, 1.54) is 0 Å². The number of phenolic OH excluding ortho intramolecular Hbond substituents is 1. The molecule has 3 rings (SSSR count). The molecule has 2 aromatic carbocycles. The van der Waals surface area contributed by atoms with Crippen molar-refractivity contribution in [1.82, 2.24) is 0 Å². The van der Waals surface area contributed by atoms with E-state index in [0.717, 1.165) is 5.56 Å². The second-order valence-electron chi connectivity index (χ2n) is 5.03. The Balaban J connectivity index is 1.76. The number of furan rings is 1. The van der Waals surface area contributed by atoms with Gasteiger partial charge in [-0.3, -0.25) is 0 Å². The Morgan fingerprint density at radius 3 is 2.29 bits per heavy atom. The Morgan fingerprint density at radius 1 is 0.875 bits per heavy atom. The average molecular weight is 403 g/mol. The van der Waals surface area contributed by atoms with Crippen LogP contribution in [-0.4, -0.2) is 5.11 Å². The van der Waals surface area contributed by atoms with Crippen LogP contribution in [0.25, 0.3) is 11.3 Å². The summed E-state index contributed by atoms with van der Waals surface area (Å²) in [5.74, 6) is 1.18. The predicted octanol–water partition coefficient (Wildman–Crippen LogP) is 6.88. The maximum absolute atomic E-state index is 9.56. The van der Waals surface area contributed by atoms with E-state index in [1.54, 1.807) is 30.3 Å². The van der Waals surface area contributed by atoms with Crippen molar-refractivity contribution < 1.29 is 9.52 Å². The minimum absolute atomic E-state index is 0.139. The van der Waals surface area contributed by atoms with Gasteiger partial charge in [0.05, 0.1) is 21.6 Å². The molecule has 2 N–H and O–H groups in total. The second-order valence-corrected chi connectivity index (χ2v) is 6.69. The maximum atomic E-state index is 9.56. The first kappa shape index (κ1) is 17.3. The van der Waals surface area contributed by atoms with Crippen LogP contribution >= 0.6 is 46.4 Å². The third kappa shape index (κ3) is 3.76. The Kier molecular flexibility index (Phi) is 5.16. The van der Waals surface area contributed by atoms with Gasteiger partial charge in [-0.1, -0.05) is 46.4 Å². The molecule has 0 radical (unpaired) electrons. The number of phenols is 1. The fourth-order valence-corrected chi connectivity index (χ4v) is 3.03. The molecule has 124 valence electrons. The summed E-state index contributed by atoms with van der Waals surface area (Å²) in [6.45, 7) is 0.412. The Bertz CT molecular complexity index is 869. The third-order valence-electron chi connectivity index (χ3n) is 3.34. The highest BCUT2D eigenvalue weighted by atomic mass is 35.5. The van der Waals surface area contributed by atoms with E-state index in [-0.39, 0.29) is 15.8 Å². The van der Waals surface area contributed by atoms with E-state index in [2.05, 4.69) is 5.32 Å². The lowest BCUT2D eigenvalue weighted by Gasteiger charge is -2.07. The standard InChI is InChI=1S/C17H11Cl4NO2/c18-9-1-3-13(19)12(5-9)16-4-2-11(24-16)8-22-10-6-14(20)17(23)15(21)7-10/h1-7,22-23H,8H2. The van der Waals surface area contributed by atoms with Crippen LogP contribution in [0.3, 0.4) is 0 Å². The molecule has 1 heterocycles. The van der Waals surface area contributed by atoms with Crippen LogP contribution in [0.15, 0.2) is 46.9 Å². The quantitative estimate of drug-likeness (QED) is 0.467. The van der Waals surface area contributed by atoms with Gasteiger partial charge >= 0.3 is 0 Å². The zero-order valence-corrected chi connectivity index (χ0v) is 15.1. The lowest BCUT2D eigenvalue weighted by Crippen LogP contribution is -1.98. The number of nitrogens with one attached hydrogen (secondary N) is 1. The Morgan fingerprint density at radius 2 is 1.58 bits per heavy atom. The van der Waals surface area contributed by atoms with Gasteiger partial charge in [0.1, 0.15) is 11.5 Å². The molecule has 0 amide bonds. The van der Waals surface area contributed by atoms with E-state index in [0.29, 0.717) is 33.8 Å². The summed E-state index contributed by atoms with van der Waals surface area (Å²) in [6, 6.07) is 12.0. The van der Waals surface area contributed by atoms with Gasteiger partial charge in [-0.15, -0.1) is 0 Å². The Labute approximate surface area is 158 Å². The summed E-state index contributed by atoms with van der Waals surface area (Å²) in [4.78, 5) is 0. The van der Waals surface area contributed by atoms with Gasteiger partial charge in [0, 0.05) is 16.3 Å². The highest BCUT2D eigenvalue weighted by Gasteiger charge is 2.10. The van der Waals surface area contributed by atoms with Gasteiger partial charge in [0.15, 0.2) is 5.75 Å². The second kappa shape index (κ2) is 7.16. The summed E-state index contributed by atoms with van der Waals surface area (Å²) in [5.41, 5.74) is 1.40. The fourth-order valence-electron chi connectivity index (χ4n) is 2.16. The monoisotopic (exact) mass is 401 g/mol. The molecule has 0 saturated heterocycles. The van der Waals surface area contributed by atoms with Crippen LogP contribution in [-0.2, 0) is 6.54 Å². The molecule has 1 aromatic heterocycles. The van der Waals surface area contributed by atoms with Crippen LogP contribution in [0.4, 0.5) is 5.69 Å². The minimum atomic E-state index is -0.139. The van der Waals surface area contributed by atoms with Crippen molar-refractivity contribution in [3.8, 4) is 17.1 Å². The fraction of sp³-hybridized carbons (Fsp3) is 0.0588. The summed E-state index contributed by atoms with van der Waals surface area (Å²) in [5, 5.41) is 14.2. The van der Waals surface area contributed by atoms with Gasteiger partial charge in [0.25, 0.3) is 0 Å². The molecule has 0 saturated carbocycles. The minimum Gasteiger partial charge on any atom is -0.505 e. The lowest BCUT2D eigenvalue weighted by atomic mass is 10.2. The number of benzene rings is 2. The summed E-state index contributed by atoms with van der Waals surface area (Å²) in [7, 11) is 0. The van der Waals surface area contributed by atoms with E-state index in [1.807, 2.05) is 12.1 Å². The SMILES string of the molecule is Oc1c(Cl)cc(NCc2ccc(-c3cc(Cl)ccc3Cl)o2)cc1Cl. The van der Waals surface area contributed by atoms with Crippen LogP contribution in [0.2, 0.25) is 20.1 Å². The van der Waals surface area contributed by atoms with Crippen LogP contribution < -0.4 is 5.32 Å². The molecule has 0 aliphatic heterocycles. The molecule has 0 atom stereocenters. The van der Waals surface area contributed by atoms with Crippen molar-refractivity contribution >= 4 is 52.1 Å². The number of hydrogen-bond donors (Lipinski definition) is 2. The van der Waals surface area contributed by atoms with Crippen molar-refractivity contribution in [3.63, 3.8) is 0 Å². The molecule has 0 fully saturated rings. The number of anilines is 1. The normalized spacial score (nSPS) is 10.8. The van der Waals surface area contributed by atoms with Gasteiger partial charge in [-0.25, -0.2) is 0 Å². The molecule has 24 heavy (non-hydrogen) atoms.